The molecule has 2 fully saturated rings. The lowest BCUT2D eigenvalue weighted by atomic mass is 10.1. The van der Waals surface area contributed by atoms with Gasteiger partial charge in [0.2, 0.25) is 5.91 Å². The van der Waals surface area contributed by atoms with Crippen LogP contribution in [0.15, 0.2) is 0 Å². The van der Waals surface area contributed by atoms with E-state index in [0.717, 1.165) is 55.4 Å². The smallest absolute Gasteiger partial charge is 0.311 e. The predicted octanol–water partition coefficient (Wildman–Crippen LogP) is 1.61. The fourth-order valence-corrected chi connectivity index (χ4v) is 5.94. The van der Waals surface area contributed by atoms with Crippen LogP contribution in [0.5, 0.6) is 0 Å². The lowest BCUT2D eigenvalue weighted by Gasteiger charge is -2.23. The topological polar surface area (TPSA) is 119 Å². The molecule has 2 heterocycles. The van der Waals surface area contributed by atoms with Crippen LogP contribution in [0.4, 0.5) is 5.00 Å². The first kappa shape index (κ1) is 19.9. The maximum absolute atomic E-state index is 12.3. The summed E-state index contributed by atoms with van der Waals surface area (Å²) in [6.07, 6.45) is 6.98. The van der Waals surface area contributed by atoms with Crippen molar-refractivity contribution in [3.8, 4) is 0 Å². The van der Waals surface area contributed by atoms with Gasteiger partial charge in [0, 0.05) is 23.9 Å². The van der Waals surface area contributed by atoms with Gasteiger partial charge >= 0.3 is 5.97 Å². The molecular formula is C20H25N3O5S. The molecule has 9 heteroatoms. The molecule has 8 nitrogen and oxygen atoms in total. The number of esters is 1. The highest BCUT2D eigenvalue weighted by atomic mass is 32.1. The number of nitrogens with zero attached hydrogens (tertiary/aromatic N) is 1. The van der Waals surface area contributed by atoms with Gasteiger partial charge in [-0.2, -0.15) is 0 Å². The average molecular weight is 420 g/mol. The monoisotopic (exact) mass is 419 g/mol. The van der Waals surface area contributed by atoms with E-state index in [-0.39, 0.29) is 18.4 Å². The summed E-state index contributed by atoms with van der Waals surface area (Å²) in [4.78, 5) is 51.5. The van der Waals surface area contributed by atoms with Crippen molar-refractivity contribution in [2.45, 2.75) is 57.4 Å². The summed E-state index contributed by atoms with van der Waals surface area (Å²) >= 11 is 1.35. The van der Waals surface area contributed by atoms with Gasteiger partial charge in [-0.15, -0.1) is 11.3 Å². The van der Waals surface area contributed by atoms with Crippen LogP contribution in [0.1, 0.15) is 59.3 Å². The van der Waals surface area contributed by atoms with Crippen LogP contribution in [-0.2, 0) is 32.0 Å². The van der Waals surface area contributed by atoms with Crippen LogP contribution in [0.3, 0.4) is 0 Å². The van der Waals surface area contributed by atoms with Crippen molar-refractivity contribution in [2.24, 2.45) is 11.7 Å². The highest BCUT2D eigenvalue weighted by molar-refractivity contribution is 7.17. The molecule has 29 heavy (non-hydrogen) atoms. The standard InChI is InChI=1S/C20H25N3O5S/c21-18(26)17-13-6-3-7-14(13)29-19(17)22-15(24)10-28-20(27)11-8-16(25)23(9-11)12-4-1-2-5-12/h11-12H,1-10H2,(H2,21,26)(H,22,24)/t11-/m1/s1. The number of rotatable bonds is 6. The molecular weight excluding hydrogens is 394 g/mol. The summed E-state index contributed by atoms with van der Waals surface area (Å²) < 4.78 is 5.16. The van der Waals surface area contributed by atoms with Gasteiger partial charge in [0.05, 0.1) is 11.5 Å². The summed E-state index contributed by atoms with van der Waals surface area (Å²) in [6.45, 7) is -0.0822. The fraction of sp³-hybridized carbons (Fsp3) is 0.600. The molecule has 4 rings (SSSR count). The minimum Gasteiger partial charge on any atom is -0.455 e. The molecule has 3 amide bonds. The molecule has 0 radical (unpaired) electrons. The molecule has 1 aliphatic heterocycles. The molecule has 0 spiro atoms. The van der Waals surface area contributed by atoms with Gasteiger partial charge in [0.15, 0.2) is 6.61 Å². The van der Waals surface area contributed by atoms with Crippen LogP contribution in [0.2, 0.25) is 0 Å². The van der Waals surface area contributed by atoms with Crippen molar-refractivity contribution in [1.29, 1.82) is 0 Å². The Hall–Kier alpha value is -2.42. The second-order valence-electron chi connectivity index (χ2n) is 7.97. The number of carbonyl (C=O) groups excluding carboxylic acids is 4. The molecule has 1 saturated carbocycles. The Bertz CT molecular complexity index is 859. The number of hydrogen-bond acceptors (Lipinski definition) is 6. The fourth-order valence-electron chi connectivity index (χ4n) is 4.63. The molecule has 0 aromatic carbocycles. The van der Waals surface area contributed by atoms with Crippen LogP contribution in [0, 0.1) is 5.92 Å². The zero-order valence-electron chi connectivity index (χ0n) is 16.2. The Morgan fingerprint density at radius 1 is 1.17 bits per heavy atom. The minimum atomic E-state index is -0.562. The molecule has 3 aliphatic rings. The highest BCUT2D eigenvalue weighted by Gasteiger charge is 2.39. The third kappa shape index (κ3) is 4.01. The van der Waals surface area contributed by atoms with E-state index in [1.807, 2.05) is 0 Å². The number of thiophene rings is 1. The summed E-state index contributed by atoms with van der Waals surface area (Å²) in [5.74, 6) is -2.14. The van der Waals surface area contributed by atoms with E-state index < -0.39 is 30.3 Å². The molecule has 2 aliphatic carbocycles. The molecule has 1 saturated heterocycles. The number of ether oxygens (including phenoxy) is 1. The summed E-state index contributed by atoms with van der Waals surface area (Å²) in [6, 6.07) is 0.233. The number of fused-ring (bicyclic) bond motifs is 1. The summed E-state index contributed by atoms with van der Waals surface area (Å²) in [5, 5.41) is 3.08. The highest BCUT2D eigenvalue weighted by Crippen LogP contribution is 2.38. The number of carbonyl (C=O) groups is 4. The number of likely N-dealkylation sites (tertiary alicyclic amines) is 1. The van der Waals surface area contributed by atoms with Crippen molar-refractivity contribution in [1.82, 2.24) is 4.90 Å². The maximum Gasteiger partial charge on any atom is 0.311 e. The van der Waals surface area contributed by atoms with E-state index in [1.165, 1.54) is 11.3 Å². The van der Waals surface area contributed by atoms with Gasteiger partial charge in [-0.25, -0.2) is 0 Å². The van der Waals surface area contributed by atoms with Crippen LogP contribution in [-0.4, -0.2) is 47.8 Å². The quantitative estimate of drug-likeness (QED) is 0.679. The van der Waals surface area contributed by atoms with E-state index in [4.69, 9.17) is 10.5 Å². The van der Waals surface area contributed by atoms with Crippen molar-refractivity contribution < 1.29 is 23.9 Å². The summed E-state index contributed by atoms with van der Waals surface area (Å²) in [7, 11) is 0. The number of primary amides is 1. The van der Waals surface area contributed by atoms with Crippen LogP contribution >= 0.6 is 11.3 Å². The van der Waals surface area contributed by atoms with E-state index in [2.05, 4.69) is 5.32 Å². The minimum absolute atomic E-state index is 0.0116. The van der Waals surface area contributed by atoms with Crippen molar-refractivity contribution in [3.63, 3.8) is 0 Å². The van der Waals surface area contributed by atoms with Crippen LogP contribution in [0.25, 0.3) is 0 Å². The normalized spacial score (nSPS) is 21.4. The number of nitrogens with two attached hydrogens (primary N) is 1. The number of hydrogen-bond donors (Lipinski definition) is 2. The maximum atomic E-state index is 12.3. The number of aryl methyl sites for hydroxylation is 1. The van der Waals surface area contributed by atoms with Gasteiger partial charge in [-0.3, -0.25) is 19.2 Å². The second kappa shape index (κ2) is 8.14. The Morgan fingerprint density at radius 3 is 2.66 bits per heavy atom. The molecule has 1 atom stereocenters. The van der Waals surface area contributed by atoms with Crippen LogP contribution < -0.4 is 11.1 Å². The van der Waals surface area contributed by atoms with Crippen molar-refractivity contribution in [3.05, 3.63) is 16.0 Å². The Labute approximate surface area is 172 Å². The van der Waals surface area contributed by atoms with E-state index in [0.29, 0.717) is 17.1 Å². The first-order chi connectivity index (χ1) is 13.9. The Kier molecular flexibility index (Phi) is 5.58. The van der Waals surface area contributed by atoms with Gasteiger partial charge < -0.3 is 20.7 Å². The van der Waals surface area contributed by atoms with Gasteiger partial charge in [0.1, 0.15) is 5.00 Å². The predicted molar refractivity (Wildman–Crippen MR) is 107 cm³/mol. The molecule has 1 aromatic rings. The van der Waals surface area contributed by atoms with Gasteiger partial charge in [-0.1, -0.05) is 12.8 Å². The average Bonchev–Trinajstić information content (AvgIpc) is 3.42. The van der Waals surface area contributed by atoms with E-state index >= 15 is 0 Å². The third-order valence-electron chi connectivity index (χ3n) is 6.02. The second-order valence-corrected chi connectivity index (χ2v) is 9.07. The molecule has 0 bridgehead atoms. The molecule has 1 aromatic heterocycles. The van der Waals surface area contributed by atoms with Gasteiger partial charge in [0.25, 0.3) is 11.8 Å². The number of amides is 3. The largest absolute Gasteiger partial charge is 0.455 e. The summed E-state index contributed by atoms with van der Waals surface area (Å²) in [5.41, 5.74) is 6.78. The van der Waals surface area contributed by atoms with Crippen molar-refractivity contribution >= 4 is 40.0 Å². The number of nitrogens with one attached hydrogen (secondary N) is 1. The lowest BCUT2D eigenvalue weighted by molar-refractivity contribution is -0.151. The first-order valence-corrected chi connectivity index (χ1v) is 11.0. The molecule has 3 N–H and O–H groups in total. The zero-order chi connectivity index (χ0) is 20.5. The SMILES string of the molecule is NC(=O)c1c(NC(=O)COC(=O)[C@@H]2CC(=O)N(C3CCCC3)C2)sc2c1CCC2. The molecule has 0 unspecified atom stereocenters. The van der Waals surface area contributed by atoms with Gasteiger partial charge in [-0.05, 0) is 37.7 Å². The first-order valence-electron chi connectivity index (χ1n) is 10.1. The number of anilines is 1. The lowest BCUT2D eigenvalue weighted by Crippen LogP contribution is -2.35. The van der Waals surface area contributed by atoms with E-state index in [1.54, 1.807) is 4.90 Å². The van der Waals surface area contributed by atoms with Crippen molar-refractivity contribution in [2.75, 3.05) is 18.5 Å². The third-order valence-corrected chi connectivity index (χ3v) is 7.23. The van der Waals surface area contributed by atoms with E-state index in [9.17, 15) is 19.2 Å². The molecule has 156 valence electrons. The zero-order valence-corrected chi connectivity index (χ0v) is 17.0. The Morgan fingerprint density at radius 2 is 1.93 bits per heavy atom. The Balaban J connectivity index is 1.31.